The first-order valence-corrected chi connectivity index (χ1v) is 18.6. The van der Waals surface area contributed by atoms with E-state index in [1.54, 1.807) is 0 Å². The average molecular weight is 597 g/mol. The van der Waals surface area contributed by atoms with E-state index in [0.29, 0.717) is 6.42 Å². The highest BCUT2D eigenvalue weighted by Gasteiger charge is 2.24. The molecule has 0 aliphatic rings. The number of aliphatic hydroxyl groups excluding tert-OH is 2. The lowest BCUT2D eigenvalue weighted by Crippen LogP contribution is -2.37. The number of unbranched alkanes of at least 4 members (excludes halogenated alkanes) is 26. The Labute approximate surface area is 261 Å². The number of ether oxygens (including phenoxy) is 1. The standard InChI is InChI=1S/C37H72O5/c1-3-5-7-9-11-13-15-17-18-20-21-23-25-27-29-31-34(38)37(41)35(39)33-42-36(40)32-30-28-26-24-22-19-16-14-12-10-8-6-4-2/h35,37,39,41H,3-33H2,1-2H3. The number of hydrogen-bond acceptors (Lipinski definition) is 5. The van der Waals surface area contributed by atoms with E-state index in [1.165, 1.54) is 141 Å². The van der Waals surface area contributed by atoms with Crippen LogP contribution < -0.4 is 0 Å². The summed E-state index contributed by atoms with van der Waals surface area (Å²) in [7, 11) is 0. The van der Waals surface area contributed by atoms with Crippen molar-refractivity contribution in [3.63, 3.8) is 0 Å². The molecule has 0 aromatic carbocycles. The Kier molecular flexibility index (Phi) is 32.2. The normalized spacial score (nSPS) is 12.9. The third-order valence-corrected chi connectivity index (χ3v) is 8.62. The van der Waals surface area contributed by atoms with Crippen molar-refractivity contribution in [1.29, 1.82) is 0 Å². The molecule has 0 aliphatic carbocycles. The smallest absolute Gasteiger partial charge is 0.305 e. The summed E-state index contributed by atoms with van der Waals surface area (Å²) >= 11 is 0. The zero-order valence-electron chi connectivity index (χ0n) is 28.2. The molecule has 2 N–H and O–H groups in total. The van der Waals surface area contributed by atoms with Gasteiger partial charge in [0.05, 0.1) is 0 Å². The summed E-state index contributed by atoms with van der Waals surface area (Å²) in [5, 5.41) is 20.2. The third kappa shape index (κ3) is 29.1. The summed E-state index contributed by atoms with van der Waals surface area (Å²) in [5.41, 5.74) is 0. The Hall–Kier alpha value is -0.940. The van der Waals surface area contributed by atoms with Crippen molar-refractivity contribution in [2.24, 2.45) is 0 Å². The molecule has 2 unspecified atom stereocenters. The lowest BCUT2D eigenvalue weighted by Gasteiger charge is -2.17. The van der Waals surface area contributed by atoms with Crippen LogP contribution in [0.5, 0.6) is 0 Å². The molecule has 0 saturated carbocycles. The summed E-state index contributed by atoms with van der Waals surface area (Å²) in [6.07, 6.45) is 33.0. The van der Waals surface area contributed by atoms with Crippen LogP contribution >= 0.6 is 0 Å². The molecular formula is C37H72O5. The highest BCUT2D eigenvalue weighted by Crippen LogP contribution is 2.15. The summed E-state index contributed by atoms with van der Waals surface area (Å²) in [6, 6.07) is 0. The van der Waals surface area contributed by atoms with Gasteiger partial charge in [-0.05, 0) is 12.8 Å². The van der Waals surface area contributed by atoms with Crippen molar-refractivity contribution in [3.05, 3.63) is 0 Å². The molecule has 42 heavy (non-hydrogen) atoms. The minimum atomic E-state index is -1.47. The second-order valence-electron chi connectivity index (χ2n) is 12.9. The molecule has 0 aliphatic heterocycles. The molecule has 250 valence electrons. The van der Waals surface area contributed by atoms with Gasteiger partial charge in [-0.3, -0.25) is 9.59 Å². The van der Waals surface area contributed by atoms with Gasteiger partial charge in [0, 0.05) is 12.8 Å². The van der Waals surface area contributed by atoms with E-state index in [1.807, 2.05) is 0 Å². The molecule has 0 fully saturated rings. The van der Waals surface area contributed by atoms with Gasteiger partial charge in [0.1, 0.15) is 18.8 Å². The van der Waals surface area contributed by atoms with Gasteiger partial charge >= 0.3 is 5.97 Å². The maximum absolute atomic E-state index is 12.2. The quantitative estimate of drug-likeness (QED) is 0.0570. The Morgan fingerprint density at radius 3 is 1.07 bits per heavy atom. The van der Waals surface area contributed by atoms with Crippen LogP contribution in [0.4, 0.5) is 0 Å². The van der Waals surface area contributed by atoms with Crippen LogP contribution in [0.1, 0.15) is 206 Å². The minimum Gasteiger partial charge on any atom is -0.463 e. The monoisotopic (exact) mass is 597 g/mol. The minimum absolute atomic E-state index is 0.267. The third-order valence-electron chi connectivity index (χ3n) is 8.62. The summed E-state index contributed by atoms with van der Waals surface area (Å²) in [6.45, 7) is 4.20. The van der Waals surface area contributed by atoms with E-state index in [0.717, 1.165) is 38.5 Å². The van der Waals surface area contributed by atoms with Crippen LogP contribution in [-0.4, -0.2) is 40.8 Å². The Balaban J connectivity index is 3.52. The predicted molar refractivity (Wildman–Crippen MR) is 178 cm³/mol. The highest BCUT2D eigenvalue weighted by molar-refractivity contribution is 5.83. The van der Waals surface area contributed by atoms with Gasteiger partial charge in [0.25, 0.3) is 0 Å². The van der Waals surface area contributed by atoms with E-state index in [2.05, 4.69) is 13.8 Å². The molecule has 0 bridgehead atoms. The molecular weight excluding hydrogens is 524 g/mol. The maximum atomic E-state index is 12.2. The fourth-order valence-corrected chi connectivity index (χ4v) is 5.66. The topological polar surface area (TPSA) is 83.8 Å². The lowest BCUT2D eigenvalue weighted by atomic mass is 10.0. The van der Waals surface area contributed by atoms with Crippen LogP contribution in [0.3, 0.4) is 0 Å². The van der Waals surface area contributed by atoms with Crippen molar-refractivity contribution in [2.75, 3.05) is 6.61 Å². The molecule has 0 amide bonds. The average Bonchev–Trinajstić information content (AvgIpc) is 2.99. The van der Waals surface area contributed by atoms with Gasteiger partial charge in [-0.2, -0.15) is 0 Å². The molecule has 5 nitrogen and oxygen atoms in total. The van der Waals surface area contributed by atoms with Gasteiger partial charge in [-0.1, -0.05) is 181 Å². The zero-order valence-corrected chi connectivity index (χ0v) is 28.2. The first kappa shape index (κ1) is 41.1. The van der Waals surface area contributed by atoms with Crippen molar-refractivity contribution in [3.8, 4) is 0 Å². The van der Waals surface area contributed by atoms with E-state index >= 15 is 0 Å². The molecule has 0 aromatic rings. The second kappa shape index (κ2) is 33.0. The fraction of sp³-hybridized carbons (Fsp3) is 0.946. The molecule has 0 aromatic heterocycles. The van der Waals surface area contributed by atoms with E-state index in [-0.39, 0.29) is 24.8 Å². The lowest BCUT2D eigenvalue weighted by molar-refractivity contribution is -0.152. The van der Waals surface area contributed by atoms with Crippen LogP contribution in [0.2, 0.25) is 0 Å². The van der Waals surface area contributed by atoms with Crippen molar-refractivity contribution < 1.29 is 24.5 Å². The number of Topliss-reactive ketones (excluding diaryl/α,β-unsaturated/α-hetero) is 1. The molecule has 5 heteroatoms. The van der Waals surface area contributed by atoms with Gasteiger partial charge in [-0.25, -0.2) is 0 Å². The summed E-state index contributed by atoms with van der Waals surface area (Å²) in [4.78, 5) is 24.2. The molecule has 0 heterocycles. The van der Waals surface area contributed by atoms with Gasteiger partial charge in [-0.15, -0.1) is 0 Å². The van der Waals surface area contributed by atoms with Gasteiger partial charge in [0.2, 0.25) is 0 Å². The highest BCUT2D eigenvalue weighted by atomic mass is 16.5. The van der Waals surface area contributed by atoms with E-state index in [4.69, 9.17) is 4.74 Å². The Morgan fingerprint density at radius 1 is 0.452 bits per heavy atom. The van der Waals surface area contributed by atoms with Crippen molar-refractivity contribution in [1.82, 2.24) is 0 Å². The number of hydrogen-bond donors (Lipinski definition) is 2. The second-order valence-corrected chi connectivity index (χ2v) is 12.9. The van der Waals surface area contributed by atoms with Gasteiger partial charge < -0.3 is 14.9 Å². The van der Waals surface area contributed by atoms with E-state index < -0.39 is 12.2 Å². The first-order valence-electron chi connectivity index (χ1n) is 18.6. The molecule has 0 radical (unpaired) electrons. The van der Waals surface area contributed by atoms with E-state index in [9.17, 15) is 19.8 Å². The summed E-state index contributed by atoms with van der Waals surface area (Å²) in [5.74, 6) is -0.719. The number of aliphatic hydroxyl groups is 2. The zero-order chi connectivity index (χ0) is 30.9. The SMILES string of the molecule is CCCCCCCCCCCCCCCCCC(=O)C(O)C(O)COC(=O)CCCCCCCCCCCCCCC. The molecule has 2 atom stereocenters. The van der Waals surface area contributed by atoms with Crippen molar-refractivity contribution in [2.45, 2.75) is 219 Å². The Morgan fingerprint density at radius 2 is 0.738 bits per heavy atom. The fourth-order valence-electron chi connectivity index (χ4n) is 5.66. The largest absolute Gasteiger partial charge is 0.463 e. The number of ketones is 1. The number of carbonyl (C=O) groups is 2. The van der Waals surface area contributed by atoms with Crippen LogP contribution in [0.25, 0.3) is 0 Å². The molecule has 0 rings (SSSR count). The molecule has 0 saturated heterocycles. The number of esters is 1. The van der Waals surface area contributed by atoms with Crippen molar-refractivity contribution >= 4 is 11.8 Å². The first-order chi connectivity index (χ1) is 20.5. The molecule has 0 spiro atoms. The van der Waals surface area contributed by atoms with Crippen LogP contribution in [0, 0.1) is 0 Å². The Bertz CT molecular complexity index is 579. The van der Waals surface area contributed by atoms with Crippen LogP contribution in [0.15, 0.2) is 0 Å². The number of rotatable bonds is 34. The van der Waals surface area contributed by atoms with Gasteiger partial charge in [0.15, 0.2) is 5.78 Å². The predicted octanol–water partition coefficient (Wildman–Crippen LogP) is 10.6. The summed E-state index contributed by atoms with van der Waals surface area (Å²) < 4.78 is 5.11. The maximum Gasteiger partial charge on any atom is 0.305 e. The number of carbonyl (C=O) groups excluding carboxylic acids is 2. The van der Waals surface area contributed by atoms with Crippen LogP contribution in [-0.2, 0) is 14.3 Å².